The number of hydrogen-bond acceptors (Lipinski definition) is 3. The topological polar surface area (TPSA) is 28.2 Å². The summed E-state index contributed by atoms with van der Waals surface area (Å²) in [6.07, 6.45) is 1.93. The van der Waals surface area contributed by atoms with Gasteiger partial charge in [-0.25, -0.2) is 0 Å². The zero-order valence-corrected chi connectivity index (χ0v) is 14.2. The van der Waals surface area contributed by atoms with Gasteiger partial charge in [0.1, 0.15) is 0 Å². The Bertz CT molecular complexity index is 601. The molecule has 0 bridgehead atoms. The van der Waals surface area contributed by atoms with Crippen molar-refractivity contribution in [2.24, 2.45) is 0 Å². The van der Waals surface area contributed by atoms with Crippen LogP contribution >= 0.6 is 24.0 Å². The molecule has 1 atom stereocenters. The van der Waals surface area contributed by atoms with Crippen LogP contribution in [-0.2, 0) is 6.54 Å². The van der Waals surface area contributed by atoms with Crippen molar-refractivity contribution >= 4 is 24.0 Å². The molecule has 1 N–H and O–H groups in total. The van der Waals surface area contributed by atoms with E-state index in [1.165, 1.54) is 11.1 Å². The molecule has 0 aliphatic carbocycles. The molecule has 2 heterocycles. The Hall–Kier alpha value is -1.13. The summed E-state index contributed by atoms with van der Waals surface area (Å²) < 4.78 is 0. The van der Waals surface area contributed by atoms with Crippen LogP contribution in [0.3, 0.4) is 0 Å². The molecule has 3 nitrogen and oxygen atoms in total. The summed E-state index contributed by atoms with van der Waals surface area (Å²) in [5.41, 5.74) is 3.50. The van der Waals surface area contributed by atoms with Gasteiger partial charge in [-0.15, -0.1) is 12.4 Å². The largest absolute Gasteiger partial charge is 0.314 e. The highest BCUT2D eigenvalue weighted by Crippen LogP contribution is 2.29. The van der Waals surface area contributed by atoms with Gasteiger partial charge in [-0.2, -0.15) is 0 Å². The lowest BCUT2D eigenvalue weighted by Crippen LogP contribution is -2.45. The van der Waals surface area contributed by atoms with E-state index in [9.17, 15) is 0 Å². The van der Waals surface area contributed by atoms with E-state index in [0.717, 1.165) is 36.9 Å². The lowest BCUT2D eigenvalue weighted by Gasteiger charge is -2.36. The number of halogens is 2. The maximum Gasteiger partial charge on any atom is 0.0544 e. The molecule has 1 aliphatic rings. The van der Waals surface area contributed by atoms with Crippen molar-refractivity contribution in [1.29, 1.82) is 0 Å². The van der Waals surface area contributed by atoms with Crippen molar-refractivity contribution in [3.8, 4) is 0 Å². The Morgan fingerprint density at radius 1 is 1.27 bits per heavy atom. The average Bonchev–Trinajstić information content (AvgIpc) is 2.51. The number of pyridine rings is 1. The van der Waals surface area contributed by atoms with Crippen LogP contribution in [0, 0.1) is 6.92 Å². The highest BCUT2D eigenvalue weighted by atomic mass is 35.5. The molecule has 1 fully saturated rings. The van der Waals surface area contributed by atoms with E-state index in [4.69, 9.17) is 11.6 Å². The molecule has 118 valence electrons. The molecular formula is C17H21Cl2N3. The molecule has 1 aromatic heterocycles. The van der Waals surface area contributed by atoms with Crippen molar-refractivity contribution in [3.05, 3.63) is 64.4 Å². The number of aromatic nitrogens is 1. The Kier molecular flexibility index (Phi) is 6.21. The first-order chi connectivity index (χ1) is 10.2. The Labute approximate surface area is 143 Å². The number of nitrogens with one attached hydrogen (secondary N) is 1. The molecule has 5 heteroatoms. The first-order valence-electron chi connectivity index (χ1n) is 7.35. The van der Waals surface area contributed by atoms with Crippen LogP contribution in [0.5, 0.6) is 0 Å². The third kappa shape index (κ3) is 3.99. The van der Waals surface area contributed by atoms with Gasteiger partial charge >= 0.3 is 0 Å². The Morgan fingerprint density at radius 3 is 2.82 bits per heavy atom. The van der Waals surface area contributed by atoms with Crippen molar-refractivity contribution < 1.29 is 0 Å². The van der Waals surface area contributed by atoms with Crippen molar-refractivity contribution in [3.63, 3.8) is 0 Å². The maximum absolute atomic E-state index is 6.38. The summed E-state index contributed by atoms with van der Waals surface area (Å²) in [6.45, 7) is 5.86. The van der Waals surface area contributed by atoms with Crippen LogP contribution in [-0.4, -0.2) is 29.5 Å². The third-order valence-electron chi connectivity index (χ3n) is 3.96. The second-order valence-electron chi connectivity index (χ2n) is 5.54. The fraction of sp³-hybridized carbons (Fsp3) is 0.353. The highest BCUT2D eigenvalue weighted by molar-refractivity contribution is 6.31. The maximum atomic E-state index is 6.38. The predicted octanol–water partition coefficient (Wildman–Crippen LogP) is 3.61. The zero-order chi connectivity index (χ0) is 14.7. The van der Waals surface area contributed by atoms with Gasteiger partial charge in [0, 0.05) is 43.4 Å². The Morgan fingerprint density at radius 2 is 2.09 bits per heavy atom. The van der Waals surface area contributed by atoms with Crippen LogP contribution in [0.15, 0.2) is 42.6 Å². The molecule has 2 aromatic rings. The smallest absolute Gasteiger partial charge is 0.0544 e. The normalized spacial score (nSPS) is 18.7. The molecule has 0 saturated carbocycles. The minimum atomic E-state index is 0. The average molecular weight is 338 g/mol. The molecule has 1 unspecified atom stereocenters. The summed E-state index contributed by atoms with van der Waals surface area (Å²) in [7, 11) is 0. The number of benzene rings is 1. The van der Waals surface area contributed by atoms with Crippen molar-refractivity contribution in [2.45, 2.75) is 19.5 Å². The number of piperazine rings is 1. The summed E-state index contributed by atoms with van der Waals surface area (Å²) >= 11 is 6.38. The van der Waals surface area contributed by atoms with Gasteiger partial charge in [0.2, 0.25) is 0 Å². The number of rotatable bonds is 3. The molecule has 0 spiro atoms. The monoisotopic (exact) mass is 337 g/mol. The van der Waals surface area contributed by atoms with E-state index in [0.29, 0.717) is 6.04 Å². The zero-order valence-electron chi connectivity index (χ0n) is 12.6. The summed E-state index contributed by atoms with van der Waals surface area (Å²) in [5.74, 6) is 0. The van der Waals surface area contributed by atoms with Gasteiger partial charge in [-0.05, 0) is 30.2 Å². The van der Waals surface area contributed by atoms with Gasteiger partial charge in [0.05, 0.1) is 5.69 Å². The van der Waals surface area contributed by atoms with E-state index in [-0.39, 0.29) is 12.4 Å². The molecule has 3 rings (SSSR count). The van der Waals surface area contributed by atoms with E-state index < -0.39 is 0 Å². The number of aryl methyl sites for hydroxylation is 1. The van der Waals surface area contributed by atoms with E-state index in [2.05, 4.69) is 46.4 Å². The van der Waals surface area contributed by atoms with Gasteiger partial charge in [-0.3, -0.25) is 9.88 Å². The number of nitrogens with zero attached hydrogens (tertiary/aromatic N) is 2. The SMILES string of the molecule is Cc1ccc(CN2CCNCC2c2ccccc2Cl)nc1.Cl. The molecule has 1 aliphatic heterocycles. The van der Waals surface area contributed by atoms with Crippen LogP contribution in [0.2, 0.25) is 5.02 Å². The lowest BCUT2D eigenvalue weighted by molar-refractivity contribution is 0.152. The van der Waals surface area contributed by atoms with Gasteiger partial charge in [0.25, 0.3) is 0 Å². The van der Waals surface area contributed by atoms with Gasteiger partial charge < -0.3 is 5.32 Å². The van der Waals surface area contributed by atoms with E-state index >= 15 is 0 Å². The highest BCUT2D eigenvalue weighted by Gasteiger charge is 2.25. The van der Waals surface area contributed by atoms with Crippen LogP contribution in [0.25, 0.3) is 0 Å². The molecular weight excluding hydrogens is 317 g/mol. The molecule has 0 amide bonds. The van der Waals surface area contributed by atoms with Crippen LogP contribution < -0.4 is 5.32 Å². The molecule has 1 aromatic carbocycles. The van der Waals surface area contributed by atoms with Gasteiger partial charge in [0.15, 0.2) is 0 Å². The minimum Gasteiger partial charge on any atom is -0.314 e. The fourth-order valence-corrected chi connectivity index (χ4v) is 3.05. The van der Waals surface area contributed by atoms with Crippen molar-refractivity contribution in [2.75, 3.05) is 19.6 Å². The summed E-state index contributed by atoms with van der Waals surface area (Å²) in [5, 5.41) is 4.31. The second-order valence-corrected chi connectivity index (χ2v) is 5.95. The predicted molar refractivity (Wildman–Crippen MR) is 93.7 cm³/mol. The molecule has 22 heavy (non-hydrogen) atoms. The molecule has 1 saturated heterocycles. The third-order valence-corrected chi connectivity index (χ3v) is 4.30. The lowest BCUT2D eigenvalue weighted by atomic mass is 10.0. The van der Waals surface area contributed by atoms with E-state index in [1.54, 1.807) is 0 Å². The standard InChI is InChI=1S/C17H20ClN3.ClH/c1-13-6-7-14(20-10-13)12-21-9-8-19-11-17(21)15-4-2-3-5-16(15)18;/h2-7,10,17,19H,8-9,11-12H2,1H3;1H. The number of hydrogen-bond donors (Lipinski definition) is 1. The first-order valence-corrected chi connectivity index (χ1v) is 7.72. The van der Waals surface area contributed by atoms with E-state index in [1.807, 2.05) is 18.3 Å². The Balaban J connectivity index is 0.00000176. The van der Waals surface area contributed by atoms with Crippen LogP contribution in [0.4, 0.5) is 0 Å². The summed E-state index contributed by atoms with van der Waals surface area (Å²) in [4.78, 5) is 6.98. The van der Waals surface area contributed by atoms with Crippen LogP contribution in [0.1, 0.15) is 22.9 Å². The second kappa shape index (κ2) is 7.93. The van der Waals surface area contributed by atoms with Crippen molar-refractivity contribution in [1.82, 2.24) is 15.2 Å². The summed E-state index contributed by atoms with van der Waals surface area (Å²) in [6, 6.07) is 12.7. The molecule has 0 radical (unpaired) electrons. The quantitative estimate of drug-likeness (QED) is 0.927. The van der Waals surface area contributed by atoms with Gasteiger partial charge in [-0.1, -0.05) is 35.9 Å². The fourth-order valence-electron chi connectivity index (χ4n) is 2.79. The minimum absolute atomic E-state index is 0. The first kappa shape index (κ1) is 17.2.